The van der Waals surface area contributed by atoms with Gasteiger partial charge in [0, 0.05) is 136 Å². The number of aromatic nitrogens is 9. The molecule has 9 heterocycles. The Morgan fingerprint density at radius 2 is 0.561 bits per heavy atom. The number of benzene rings is 12. The van der Waals surface area contributed by atoms with Crippen molar-refractivity contribution in [2.24, 2.45) is 0 Å². The van der Waals surface area contributed by atoms with Crippen LogP contribution in [0.4, 0.5) is 0 Å². The van der Waals surface area contributed by atoms with Gasteiger partial charge in [-0.3, -0.25) is 0 Å². The zero-order chi connectivity index (χ0) is 95.0. The summed E-state index contributed by atoms with van der Waals surface area (Å²) in [5.74, 6) is 0.756. The summed E-state index contributed by atoms with van der Waals surface area (Å²) >= 11 is 0. The Kier molecular flexibility index (Phi) is 27.9. The van der Waals surface area contributed by atoms with Gasteiger partial charge in [-0.1, -0.05) is 292 Å². The summed E-state index contributed by atoms with van der Waals surface area (Å²) in [5.41, 5.74) is 31.7. The van der Waals surface area contributed by atoms with Gasteiger partial charge < -0.3 is 44.0 Å². The first kappa shape index (κ1) is 98.5. The Morgan fingerprint density at radius 3 is 0.899 bits per heavy atom. The number of hydrogen-bond donors (Lipinski definition) is 3. The Hall–Kier alpha value is -13.6. The van der Waals surface area contributed by atoms with Crippen molar-refractivity contribution >= 4 is 65.8 Å². The predicted molar refractivity (Wildman–Crippen MR) is 563 cm³/mol. The second kappa shape index (κ2) is 39.4. The number of para-hydroxylation sites is 4. The van der Waals surface area contributed by atoms with Gasteiger partial charge in [-0.15, -0.1) is 88.0 Å². The fraction of sp³-hybridized carbons (Fsp3) is 0.177. The molecule has 0 radical (unpaired) electrons. The zero-order valence-electron chi connectivity index (χ0n) is 81.1. The SMILES string of the molecule is CC(C)(C)c1cc(-c2cc(-c3ccccc3)ccn2)[c-]c(-n2c3ccccc3c3ccc(-c4cc(C(C)(C)C)cc(C(C)(C)C)c4O)nc32)c1.CC(C)(C)c1cc(-c2cc(-c3ccccc3)ccn2)[c-]c(-n2c3ccccc3c3ccc(-c4ccccc4O)nc32)c1.Cc1cc(C)c(O)c(-c2ccc3c4ccccc4n(-c4[c-]c(-c5cc(-c6ccccc6)ccn5)cc(C(C)(C)C)c4)c3n2)c1.[Pt].[Pt].[Pt]. The maximum absolute atomic E-state index is 11.8. The fourth-order valence-corrected chi connectivity index (χ4v) is 18.3. The molecule has 0 bridgehead atoms. The molecular formula is C124H110N9O3Pt3-3. The molecule has 3 N–H and O–H groups in total. The molecule has 9 aromatic heterocycles. The van der Waals surface area contributed by atoms with Crippen molar-refractivity contribution in [2.75, 3.05) is 0 Å². The molecule has 139 heavy (non-hydrogen) atoms. The maximum atomic E-state index is 11.8. The molecule has 0 spiro atoms. The van der Waals surface area contributed by atoms with Crippen LogP contribution in [0.1, 0.15) is 143 Å². The molecule has 0 saturated carbocycles. The molecule has 702 valence electrons. The second-order valence-electron chi connectivity index (χ2n) is 40.8. The number of phenolic OH excluding ortho intramolecular Hbond substituents is 3. The molecule has 0 aliphatic carbocycles. The van der Waals surface area contributed by atoms with Gasteiger partial charge in [0.25, 0.3) is 0 Å². The monoisotopic (exact) mass is 2360 g/mol. The molecule has 12 nitrogen and oxygen atoms in total. The number of aryl methyl sites for hydroxylation is 2. The number of pyridine rings is 6. The average molecular weight is 2360 g/mol. The summed E-state index contributed by atoms with van der Waals surface area (Å²) in [7, 11) is 0. The summed E-state index contributed by atoms with van der Waals surface area (Å²) < 4.78 is 6.62. The van der Waals surface area contributed by atoms with E-state index in [1.54, 1.807) is 6.07 Å². The van der Waals surface area contributed by atoms with Gasteiger partial charge in [-0.25, -0.2) is 15.0 Å². The van der Waals surface area contributed by atoms with E-state index in [2.05, 4.69) is 372 Å². The van der Waals surface area contributed by atoms with Gasteiger partial charge in [0.1, 0.15) is 34.2 Å². The molecule has 0 aliphatic rings. The zero-order valence-corrected chi connectivity index (χ0v) is 88.0. The maximum Gasteiger partial charge on any atom is 0.144 e. The van der Waals surface area contributed by atoms with Gasteiger partial charge in [-0.2, -0.15) is 0 Å². The van der Waals surface area contributed by atoms with E-state index in [1.807, 2.05) is 111 Å². The van der Waals surface area contributed by atoms with Crippen molar-refractivity contribution in [3.63, 3.8) is 0 Å². The Balaban J connectivity index is 0.000000150. The van der Waals surface area contributed by atoms with Crippen LogP contribution in [0.3, 0.4) is 0 Å². The van der Waals surface area contributed by atoms with E-state index in [9.17, 15) is 15.3 Å². The number of fused-ring (bicyclic) bond motifs is 9. The van der Waals surface area contributed by atoms with E-state index in [0.717, 1.165) is 189 Å². The molecule has 0 fully saturated rings. The Labute approximate surface area is 857 Å². The van der Waals surface area contributed by atoms with Crippen molar-refractivity contribution in [3.8, 4) is 135 Å². The van der Waals surface area contributed by atoms with E-state index in [4.69, 9.17) is 29.9 Å². The number of aromatic hydroxyl groups is 3. The van der Waals surface area contributed by atoms with Crippen LogP contribution in [0, 0.1) is 32.0 Å². The third-order valence-electron chi connectivity index (χ3n) is 25.8. The summed E-state index contributed by atoms with van der Waals surface area (Å²) in [6, 6.07) is 122. The summed E-state index contributed by atoms with van der Waals surface area (Å²) in [6.07, 6.45) is 5.63. The summed E-state index contributed by atoms with van der Waals surface area (Å²) in [4.78, 5) is 30.2. The van der Waals surface area contributed by atoms with Crippen molar-refractivity contribution in [1.29, 1.82) is 0 Å². The summed E-state index contributed by atoms with van der Waals surface area (Å²) in [6.45, 7) is 37.1. The van der Waals surface area contributed by atoms with Crippen molar-refractivity contribution < 1.29 is 78.5 Å². The Morgan fingerprint density at radius 1 is 0.252 bits per heavy atom. The molecule has 0 amide bonds. The standard InChI is InChI=1S/C46H46N3O.C40H34N3O.C38H30N3O.3Pt/c1-44(2,3)32-23-31(40-25-30(21-22-47-40)29-15-11-10-12-16-29)24-34(26-32)49-41-18-14-13-17-35(41)36-19-20-39(48-43(36)49)37-27-33(45(4,5)6)28-38(42(37)50)46(7,8)9;1-25-19-26(2)38(44)34(20-25)35-16-15-33-32-13-9-10-14-37(32)43(39(33)42-35)31-22-29(21-30(24-31)40(3,4)5)36-23-28(17-18-41-36)27-11-7-6-8-12-27;1-38(2,3)28-21-27(34-23-26(19-20-39-34)25-11-5-4-6-12-25)22-29(24-28)41-35-15-9-7-13-30(35)31-17-18-33(40-37(31)41)32-14-8-10-16-36(32)42;;;/h10-23,25-28,50H,1-9H3;6-21,23-24,44H,1-5H3;4-21,23-24,42H,1-3H3;;;/q3*-1;;;. The first-order valence-corrected chi connectivity index (χ1v) is 46.6. The van der Waals surface area contributed by atoms with Crippen molar-refractivity contribution in [3.05, 3.63) is 397 Å². The number of rotatable bonds is 12. The molecule has 0 unspecified atom stereocenters. The molecule has 21 aromatic rings. The van der Waals surface area contributed by atoms with E-state index in [0.29, 0.717) is 11.3 Å². The van der Waals surface area contributed by atoms with E-state index in [-0.39, 0.29) is 108 Å². The minimum atomic E-state index is -0.246. The second-order valence-corrected chi connectivity index (χ2v) is 40.8. The third-order valence-corrected chi connectivity index (χ3v) is 25.8. The minimum Gasteiger partial charge on any atom is -0.507 e. The third kappa shape index (κ3) is 20.0. The predicted octanol–water partition coefficient (Wildman–Crippen LogP) is 31.3. The molecule has 21 rings (SSSR count). The normalized spacial score (nSPS) is 11.8. The average Bonchev–Trinajstić information content (AvgIpc) is 1.59. The van der Waals surface area contributed by atoms with Crippen molar-refractivity contribution in [2.45, 2.75) is 145 Å². The van der Waals surface area contributed by atoms with Crippen LogP contribution in [0.25, 0.3) is 184 Å². The van der Waals surface area contributed by atoms with Crippen LogP contribution in [0.2, 0.25) is 0 Å². The van der Waals surface area contributed by atoms with E-state index in [1.165, 1.54) is 22.3 Å². The van der Waals surface area contributed by atoms with Gasteiger partial charge in [0.2, 0.25) is 0 Å². The number of nitrogens with zero attached hydrogens (tertiary/aromatic N) is 9. The van der Waals surface area contributed by atoms with E-state index >= 15 is 0 Å². The molecule has 0 aliphatic heterocycles. The molecule has 0 saturated heterocycles. The quantitative estimate of drug-likeness (QED) is 0.101. The van der Waals surface area contributed by atoms with E-state index < -0.39 is 0 Å². The molecule has 12 aromatic carbocycles. The number of hydrogen-bond acceptors (Lipinski definition) is 9. The number of phenols is 3. The van der Waals surface area contributed by atoms with Crippen molar-refractivity contribution in [1.82, 2.24) is 43.6 Å². The fourth-order valence-electron chi connectivity index (χ4n) is 18.3. The summed E-state index contributed by atoms with van der Waals surface area (Å²) in [5, 5.41) is 39.9. The van der Waals surface area contributed by atoms with Crippen LogP contribution in [-0.4, -0.2) is 58.9 Å². The minimum absolute atomic E-state index is 0. The first-order valence-electron chi connectivity index (χ1n) is 46.6. The van der Waals surface area contributed by atoms with Gasteiger partial charge in [-0.05, 0) is 222 Å². The molecule has 0 atom stereocenters. The largest absolute Gasteiger partial charge is 0.507 e. The van der Waals surface area contributed by atoms with Crippen LogP contribution in [-0.2, 0) is 90.3 Å². The van der Waals surface area contributed by atoms with Crippen LogP contribution in [0.15, 0.2) is 340 Å². The van der Waals surface area contributed by atoms with Gasteiger partial charge in [0.05, 0.1) is 33.6 Å². The van der Waals surface area contributed by atoms with Gasteiger partial charge >= 0.3 is 0 Å². The van der Waals surface area contributed by atoms with Crippen LogP contribution < -0.4 is 0 Å². The Bertz CT molecular complexity index is 8190. The van der Waals surface area contributed by atoms with Crippen LogP contribution in [0.5, 0.6) is 17.2 Å². The topological polar surface area (TPSA) is 153 Å². The van der Waals surface area contributed by atoms with Crippen LogP contribution >= 0.6 is 0 Å². The molecular weight excluding hydrogens is 2250 g/mol. The smallest absolute Gasteiger partial charge is 0.144 e. The molecule has 15 heteroatoms. The first-order chi connectivity index (χ1) is 65.1. The van der Waals surface area contributed by atoms with Gasteiger partial charge in [0.15, 0.2) is 0 Å².